The average Bonchev–Trinajstić information content (AvgIpc) is 3.08. The van der Waals surface area contributed by atoms with Crippen molar-refractivity contribution in [2.45, 2.75) is 34.2 Å². The summed E-state index contributed by atoms with van der Waals surface area (Å²) < 4.78 is 1.30. The molecular weight excluding hydrogens is 366 g/mol. The van der Waals surface area contributed by atoms with Gasteiger partial charge in [0.2, 0.25) is 0 Å². The molecule has 3 N–H and O–H groups in total. The van der Waals surface area contributed by atoms with Crippen molar-refractivity contribution in [1.29, 1.82) is 0 Å². The molecule has 146 valence electrons. The molecule has 2 rings (SSSR count). The number of nitrogens with one attached hydrogen (secondary N) is 1. The van der Waals surface area contributed by atoms with Gasteiger partial charge >= 0.3 is 5.69 Å². The zero-order valence-corrected chi connectivity index (χ0v) is 16.7. The molecule has 2 heterocycles. The molecule has 8 nitrogen and oxygen atoms in total. The second-order valence-electron chi connectivity index (χ2n) is 7.09. The van der Waals surface area contributed by atoms with Gasteiger partial charge in [0.05, 0.1) is 11.2 Å². The summed E-state index contributed by atoms with van der Waals surface area (Å²) in [5.41, 5.74) is 7.22. The van der Waals surface area contributed by atoms with Crippen LogP contribution >= 0.6 is 11.3 Å². The highest BCUT2D eigenvalue weighted by atomic mass is 32.1. The Kier molecular flexibility index (Phi) is 6.73. The monoisotopic (exact) mass is 391 g/mol. The van der Waals surface area contributed by atoms with Gasteiger partial charge in [0.1, 0.15) is 5.82 Å². The number of nitrogens with two attached hydrogens (primary N) is 1. The van der Waals surface area contributed by atoms with E-state index in [0.29, 0.717) is 12.2 Å². The van der Waals surface area contributed by atoms with Crippen molar-refractivity contribution in [1.82, 2.24) is 14.5 Å². The predicted molar refractivity (Wildman–Crippen MR) is 109 cm³/mol. The number of thiazole rings is 1. The van der Waals surface area contributed by atoms with Crippen LogP contribution < -0.4 is 21.9 Å². The number of H-pyrrole nitrogens is 1. The summed E-state index contributed by atoms with van der Waals surface area (Å²) in [5.74, 6) is -0.175. The van der Waals surface area contributed by atoms with Crippen molar-refractivity contribution in [2.75, 3.05) is 17.2 Å². The Balaban J connectivity index is 2.51. The smallest absolute Gasteiger partial charge is 0.330 e. The maximum absolute atomic E-state index is 12.8. The van der Waals surface area contributed by atoms with Crippen molar-refractivity contribution in [3.63, 3.8) is 0 Å². The van der Waals surface area contributed by atoms with E-state index < -0.39 is 17.2 Å². The maximum Gasteiger partial charge on any atom is 0.330 e. The minimum atomic E-state index is -0.673. The maximum atomic E-state index is 12.8. The molecule has 1 amide bonds. The van der Waals surface area contributed by atoms with Crippen LogP contribution in [0.25, 0.3) is 6.08 Å². The molecule has 9 heteroatoms. The van der Waals surface area contributed by atoms with Gasteiger partial charge in [0.25, 0.3) is 11.5 Å². The van der Waals surface area contributed by atoms with Gasteiger partial charge in [0, 0.05) is 24.5 Å². The number of rotatable bonds is 7. The summed E-state index contributed by atoms with van der Waals surface area (Å²) in [6, 6.07) is 0. The van der Waals surface area contributed by atoms with Crippen LogP contribution in [0.1, 0.15) is 33.4 Å². The van der Waals surface area contributed by atoms with Crippen LogP contribution in [0.3, 0.4) is 0 Å². The number of anilines is 2. The normalized spacial score (nSPS) is 11.6. The van der Waals surface area contributed by atoms with Gasteiger partial charge in [-0.3, -0.25) is 19.1 Å². The highest BCUT2D eigenvalue weighted by molar-refractivity contribution is 7.07. The van der Waals surface area contributed by atoms with Crippen LogP contribution in [0.5, 0.6) is 0 Å². The van der Waals surface area contributed by atoms with Gasteiger partial charge in [-0.05, 0) is 17.9 Å². The van der Waals surface area contributed by atoms with E-state index in [4.69, 9.17) is 5.73 Å². The molecule has 27 heavy (non-hydrogen) atoms. The third kappa shape index (κ3) is 5.16. The first kappa shape index (κ1) is 20.6. The van der Waals surface area contributed by atoms with Gasteiger partial charge in [-0.15, -0.1) is 11.3 Å². The fraction of sp³-hybridized carbons (Fsp3) is 0.444. The molecule has 0 aliphatic carbocycles. The Hall–Kier alpha value is -2.68. The predicted octanol–water partition coefficient (Wildman–Crippen LogP) is 1.93. The van der Waals surface area contributed by atoms with Crippen LogP contribution in [0, 0.1) is 11.8 Å². The summed E-state index contributed by atoms with van der Waals surface area (Å²) in [5, 5.41) is 1.81. The van der Waals surface area contributed by atoms with E-state index in [-0.39, 0.29) is 29.9 Å². The summed E-state index contributed by atoms with van der Waals surface area (Å²) in [6.07, 6.45) is 2.94. The van der Waals surface area contributed by atoms with Crippen LogP contribution in [0.2, 0.25) is 0 Å². The molecule has 0 spiro atoms. The van der Waals surface area contributed by atoms with E-state index in [1.807, 2.05) is 27.7 Å². The molecule has 0 fully saturated rings. The fourth-order valence-corrected chi connectivity index (χ4v) is 3.11. The molecule has 0 bridgehead atoms. The number of nitrogens with zero attached hydrogens (tertiary/aromatic N) is 3. The first-order valence-corrected chi connectivity index (χ1v) is 9.65. The van der Waals surface area contributed by atoms with Gasteiger partial charge in [-0.1, -0.05) is 27.7 Å². The number of hydrogen-bond donors (Lipinski definition) is 2. The molecule has 0 radical (unpaired) electrons. The molecule has 0 saturated carbocycles. The zero-order chi connectivity index (χ0) is 20.1. The molecule has 0 atom stereocenters. The van der Waals surface area contributed by atoms with Crippen molar-refractivity contribution in [2.24, 2.45) is 11.8 Å². The topological polar surface area (TPSA) is 114 Å². The highest BCUT2D eigenvalue weighted by Crippen LogP contribution is 2.20. The Morgan fingerprint density at radius 1 is 1.33 bits per heavy atom. The van der Waals surface area contributed by atoms with E-state index in [2.05, 4.69) is 9.97 Å². The molecule has 2 aromatic heterocycles. The number of amides is 1. The molecule has 0 aromatic carbocycles. The third-order valence-corrected chi connectivity index (χ3v) is 4.30. The molecule has 0 aliphatic rings. The Labute approximate surface area is 161 Å². The summed E-state index contributed by atoms with van der Waals surface area (Å²) in [7, 11) is 0. The van der Waals surface area contributed by atoms with E-state index in [0.717, 1.165) is 0 Å². The number of aromatic amines is 1. The number of hydrogen-bond acceptors (Lipinski definition) is 6. The first-order valence-electron chi connectivity index (χ1n) is 8.71. The summed E-state index contributed by atoms with van der Waals surface area (Å²) in [6.45, 7) is 8.35. The third-order valence-electron chi connectivity index (χ3n) is 3.69. The van der Waals surface area contributed by atoms with Gasteiger partial charge in [-0.2, -0.15) is 0 Å². The number of carbonyl (C=O) groups is 1. The quantitative estimate of drug-likeness (QED) is 0.700. The molecule has 2 aromatic rings. The van der Waals surface area contributed by atoms with Crippen LogP contribution in [-0.2, 0) is 11.3 Å². The lowest BCUT2D eigenvalue weighted by Gasteiger charge is -2.25. The van der Waals surface area contributed by atoms with Crippen molar-refractivity contribution in [3.05, 3.63) is 43.5 Å². The number of nitrogen functional groups attached to an aromatic ring is 1. The molecular formula is C18H25N5O3S. The zero-order valence-electron chi connectivity index (χ0n) is 15.9. The summed E-state index contributed by atoms with van der Waals surface area (Å²) in [4.78, 5) is 45.1. The second kappa shape index (κ2) is 8.81. The Morgan fingerprint density at radius 3 is 2.59 bits per heavy atom. The number of aromatic nitrogens is 3. The molecule has 0 unspecified atom stereocenters. The van der Waals surface area contributed by atoms with E-state index >= 15 is 0 Å². The Morgan fingerprint density at radius 2 is 2.04 bits per heavy atom. The van der Waals surface area contributed by atoms with E-state index in [1.165, 1.54) is 26.9 Å². The largest absolute Gasteiger partial charge is 0.383 e. The van der Waals surface area contributed by atoms with Crippen LogP contribution in [-0.4, -0.2) is 27.0 Å². The minimum absolute atomic E-state index is 0.00289. The molecule has 0 aliphatic heterocycles. The lowest BCUT2D eigenvalue weighted by atomic mass is 10.2. The first-order chi connectivity index (χ1) is 12.7. The number of carbonyl (C=O) groups excluding carboxylic acids is 1. The lowest BCUT2D eigenvalue weighted by molar-refractivity contribution is -0.114. The minimum Gasteiger partial charge on any atom is -0.383 e. The highest BCUT2D eigenvalue weighted by Gasteiger charge is 2.24. The van der Waals surface area contributed by atoms with E-state index in [9.17, 15) is 14.4 Å². The van der Waals surface area contributed by atoms with Gasteiger partial charge in [0.15, 0.2) is 5.69 Å². The van der Waals surface area contributed by atoms with Gasteiger partial charge in [-0.25, -0.2) is 9.78 Å². The van der Waals surface area contributed by atoms with Crippen molar-refractivity contribution >= 4 is 34.8 Å². The molecule has 0 saturated heterocycles. The van der Waals surface area contributed by atoms with Crippen LogP contribution in [0.15, 0.2) is 26.6 Å². The van der Waals surface area contributed by atoms with E-state index in [1.54, 1.807) is 17.0 Å². The van der Waals surface area contributed by atoms with Crippen molar-refractivity contribution < 1.29 is 4.79 Å². The SMILES string of the molecule is CC(C)CN(C(=O)/C=C/c1cscn1)c1c(N)n(CC(C)C)c(=O)[nH]c1=O. The lowest BCUT2D eigenvalue weighted by Crippen LogP contribution is -2.42. The fourth-order valence-electron chi connectivity index (χ4n) is 2.59. The van der Waals surface area contributed by atoms with Gasteiger partial charge < -0.3 is 10.6 Å². The van der Waals surface area contributed by atoms with Crippen molar-refractivity contribution in [3.8, 4) is 0 Å². The summed E-state index contributed by atoms with van der Waals surface area (Å²) >= 11 is 1.42. The Bertz CT molecular complexity index is 925. The average molecular weight is 391 g/mol. The van der Waals surface area contributed by atoms with Crippen LogP contribution in [0.4, 0.5) is 11.5 Å². The second-order valence-corrected chi connectivity index (χ2v) is 7.81. The standard InChI is InChI=1S/C18H25N5O3S/c1-11(2)7-22(14(24)6-5-13-9-27-10-20-13)15-16(19)23(8-12(3)4)18(26)21-17(15)25/h5-6,9-12H,7-8,19H2,1-4H3,(H,21,25,26)/b6-5+.